The summed E-state index contributed by atoms with van der Waals surface area (Å²) in [7, 11) is 0. The summed E-state index contributed by atoms with van der Waals surface area (Å²) in [6, 6.07) is 10.1. The number of hydrogen-bond donors (Lipinski definition) is 2. The van der Waals surface area contributed by atoms with Gasteiger partial charge in [-0.25, -0.2) is 9.78 Å². The summed E-state index contributed by atoms with van der Waals surface area (Å²) in [5.41, 5.74) is 4.09. The van der Waals surface area contributed by atoms with E-state index in [1.54, 1.807) is 29.7 Å². The summed E-state index contributed by atoms with van der Waals surface area (Å²) in [6.45, 7) is 0.791. The van der Waals surface area contributed by atoms with Crippen LogP contribution in [0.2, 0.25) is 0 Å². The van der Waals surface area contributed by atoms with Crippen LogP contribution >= 0.6 is 0 Å². The number of nitrogens with zero attached hydrogens (tertiary/aromatic N) is 2. The maximum absolute atomic E-state index is 12.2. The van der Waals surface area contributed by atoms with Crippen LogP contribution in [0.3, 0.4) is 0 Å². The van der Waals surface area contributed by atoms with Gasteiger partial charge < -0.3 is 10.6 Å². The Morgan fingerprint density at radius 2 is 2.00 bits per heavy atom. The molecule has 0 spiro atoms. The monoisotopic (exact) mass is 404 g/mol. The van der Waals surface area contributed by atoms with Gasteiger partial charge in [-0.15, -0.1) is 0 Å². The van der Waals surface area contributed by atoms with E-state index in [0.29, 0.717) is 5.69 Å². The number of hydrogen-bond acceptors (Lipinski definition) is 2. The van der Waals surface area contributed by atoms with E-state index >= 15 is 0 Å². The standard InChI is InChI=1S/C21H23F3N4O/c1-2-3-4-6-15-9-10-28-18(13-25-19(28)11-15)16-7-5-8-17(12-16)27-20(29)26-14-21(22,23)24/h5,7-13H,2-4,6,14H2,1H3,(H2,26,27,29). The van der Waals surface area contributed by atoms with Crippen LogP contribution in [-0.4, -0.2) is 28.1 Å². The van der Waals surface area contributed by atoms with Crippen molar-refractivity contribution < 1.29 is 18.0 Å². The van der Waals surface area contributed by atoms with E-state index in [0.717, 1.165) is 29.7 Å². The highest BCUT2D eigenvalue weighted by atomic mass is 19.4. The molecule has 2 N–H and O–H groups in total. The van der Waals surface area contributed by atoms with Crippen molar-refractivity contribution in [2.45, 2.75) is 38.8 Å². The van der Waals surface area contributed by atoms with Gasteiger partial charge >= 0.3 is 12.2 Å². The third-order valence-corrected chi connectivity index (χ3v) is 4.51. The molecule has 3 rings (SSSR count). The molecule has 0 saturated carbocycles. The number of rotatable bonds is 7. The Kier molecular flexibility index (Phi) is 6.41. The highest BCUT2D eigenvalue weighted by Crippen LogP contribution is 2.24. The fourth-order valence-corrected chi connectivity index (χ4v) is 3.08. The minimum atomic E-state index is -4.45. The van der Waals surface area contributed by atoms with Gasteiger partial charge in [-0.1, -0.05) is 31.9 Å². The van der Waals surface area contributed by atoms with Gasteiger partial charge in [0.05, 0.1) is 11.9 Å². The maximum atomic E-state index is 12.2. The first-order valence-corrected chi connectivity index (χ1v) is 9.54. The molecule has 2 amide bonds. The van der Waals surface area contributed by atoms with Crippen LogP contribution in [0.15, 0.2) is 48.8 Å². The van der Waals surface area contributed by atoms with Gasteiger partial charge in [0.25, 0.3) is 0 Å². The van der Waals surface area contributed by atoms with Crippen molar-refractivity contribution in [1.82, 2.24) is 14.7 Å². The Morgan fingerprint density at radius 3 is 2.76 bits per heavy atom. The number of imidazole rings is 1. The Labute approximate surface area is 167 Å². The molecular weight excluding hydrogens is 381 g/mol. The average Bonchev–Trinajstić information content (AvgIpc) is 3.10. The molecule has 0 atom stereocenters. The third kappa shape index (κ3) is 5.73. The fourth-order valence-electron chi connectivity index (χ4n) is 3.08. The first kappa shape index (κ1) is 20.7. The first-order chi connectivity index (χ1) is 13.9. The number of aryl methyl sites for hydroxylation is 1. The molecular formula is C21H23F3N4O. The molecule has 3 aromatic rings. The number of unbranched alkanes of at least 4 members (excludes halogenated alkanes) is 2. The predicted octanol–water partition coefficient (Wildman–Crippen LogP) is 5.42. The summed E-state index contributed by atoms with van der Waals surface area (Å²) in [4.78, 5) is 16.1. The average molecular weight is 404 g/mol. The Morgan fingerprint density at radius 1 is 1.17 bits per heavy atom. The Bertz CT molecular complexity index is 981. The molecule has 0 aliphatic carbocycles. The molecule has 8 heteroatoms. The third-order valence-electron chi connectivity index (χ3n) is 4.51. The fraction of sp³-hybridized carbons (Fsp3) is 0.333. The zero-order valence-corrected chi connectivity index (χ0v) is 16.1. The van der Waals surface area contributed by atoms with Gasteiger partial charge in [0.1, 0.15) is 12.2 Å². The van der Waals surface area contributed by atoms with Crippen LogP contribution in [0.5, 0.6) is 0 Å². The normalized spacial score (nSPS) is 11.6. The molecule has 0 fully saturated rings. The number of nitrogens with one attached hydrogen (secondary N) is 2. The van der Waals surface area contributed by atoms with Crippen LogP contribution in [0.25, 0.3) is 16.9 Å². The molecule has 0 bridgehead atoms. The van der Waals surface area contributed by atoms with Gasteiger partial charge in [0, 0.05) is 17.4 Å². The van der Waals surface area contributed by atoms with Crippen LogP contribution in [0.4, 0.5) is 23.7 Å². The second-order valence-corrected chi connectivity index (χ2v) is 6.87. The number of anilines is 1. The first-order valence-electron chi connectivity index (χ1n) is 9.54. The van der Waals surface area contributed by atoms with Crippen LogP contribution in [0.1, 0.15) is 31.7 Å². The smallest absolute Gasteiger partial charge is 0.329 e. The number of carbonyl (C=O) groups is 1. The largest absolute Gasteiger partial charge is 0.405 e. The summed E-state index contributed by atoms with van der Waals surface area (Å²) < 4.78 is 38.6. The Hall–Kier alpha value is -3.03. The second-order valence-electron chi connectivity index (χ2n) is 6.87. The lowest BCUT2D eigenvalue weighted by atomic mass is 10.1. The number of carbonyl (C=O) groups excluding carboxylic acids is 1. The molecule has 0 saturated heterocycles. The van der Waals surface area contributed by atoms with E-state index in [1.165, 1.54) is 18.4 Å². The van der Waals surface area contributed by atoms with E-state index in [9.17, 15) is 18.0 Å². The van der Waals surface area contributed by atoms with Gasteiger partial charge in [0.2, 0.25) is 0 Å². The lowest BCUT2D eigenvalue weighted by molar-refractivity contribution is -0.122. The van der Waals surface area contributed by atoms with Crippen molar-refractivity contribution in [2.75, 3.05) is 11.9 Å². The minimum absolute atomic E-state index is 0.397. The molecule has 5 nitrogen and oxygen atoms in total. The van der Waals surface area contributed by atoms with Crippen LogP contribution in [-0.2, 0) is 6.42 Å². The zero-order valence-electron chi connectivity index (χ0n) is 16.1. The van der Waals surface area contributed by atoms with Crippen molar-refractivity contribution in [3.8, 4) is 11.3 Å². The number of amides is 2. The van der Waals surface area contributed by atoms with Crippen molar-refractivity contribution in [3.63, 3.8) is 0 Å². The summed E-state index contributed by atoms with van der Waals surface area (Å²) in [5, 5.41) is 4.21. The lowest BCUT2D eigenvalue weighted by Crippen LogP contribution is -2.36. The summed E-state index contributed by atoms with van der Waals surface area (Å²) >= 11 is 0. The summed E-state index contributed by atoms with van der Waals surface area (Å²) in [5.74, 6) is 0. The van der Waals surface area contributed by atoms with E-state index in [1.807, 2.05) is 16.7 Å². The van der Waals surface area contributed by atoms with E-state index < -0.39 is 18.8 Å². The molecule has 29 heavy (non-hydrogen) atoms. The molecule has 2 heterocycles. The van der Waals surface area contributed by atoms with Gasteiger partial charge in [-0.3, -0.25) is 4.40 Å². The number of fused-ring (bicyclic) bond motifs is 1. The SMILES string of the molecule is CCCCCc1ccn2c(-c3cccc(NC(=O)NCC(F)(F)F)c3)cnc2c1. The lowest BCUT2D eigenvalue weighted by Gasteiger charge is -2.11. The minimum Gasteiger partial charge on any atom is -0.329 e. The second kappa shape index (κ2) is 8.98. The predicted molar refractivity (Wildman–Crippen MR) is 107 cm³/mol. The maximum Gasteiger partial charge on any atom is 0.405 e. The highest BCUT2D eigenvalue weighted by molar-refractivity contribution is 5.90. The molecule has 154 valence electrons. The number of benzene rings is 1. The van der Waals surface area contributed by atoms with E-state index in [4.69, 9.17) is 0 Å². The number of halogens is 3. The number of aromatic nitrogens is 2. The van der Waals surface area contributed by atoms with Crippen molar-refractivity contribution in [1.29, 1.82) is 0 Å². The molecule has 0 radical (unpaired) electrons. The zero-order chi connectivity index (χ0) is 20.9. The quantitative estimate of drug-likeness (QED) is 0.517. The topological polar surface area (TPSA) is 58.4 Å². The number of urea groups is 1. The molecule has 2 aromatic heterocycles. The summed E-state index contributed by atoms with van der Waals surface area (Å²) in [6.07, 6.45) is 3.78. The highest BCUT2D eigenvalue weighted by Gasteiger charge is 2.27. The van der Waals surface area contributed by atoms with Crippen molar-refractivity contribution in [3.05, 3.63) is 54.4 Å². The van der Waals surface area contributed by atoms with Crippen LogP contribution in [0, 0.1) is 0 Å². The van der Waals surface area contributed by atoms with Crippen LogP contribution < -0.4 is 10.6 Å². The van der Waals surface area contributed by atoms with Gasteiger partial charge in [0.15, 0.2) is 0 Å². The van der Waals surface area contributed by atoms with Gasteiger partial charge in [-0.05, 0) is 42.7 Å². The molecule has 0 aliphatic heterocycles. The number of alkyl halides is 3. The molecule has 0 unspecified atom stereocenters. The van der Waals surface area contributed by atoms with E-state index in [2.05, 4.69) is 29.4 Å². The number of pyridine rings is 1. The van der Waals surface area contributed by atoms with E-state index in [-0.39, 0.29) is 0 Å². The molecule has 1 aromatic carbocycles. The Balaban J connectivity index is 1.74. The van der Waals surface area contributed by atoms with Crippen molar-refractivity contribution in [2.24, 2.45) is 0 Å². The van der Waals surface area contributed by atoms with Gasteiger partial charge in [-0.2, -0.15) is 13.2 Å². The van der Waals surface area contributed by atoms with Crippen molar-refractivity contribution >= 4 is 17.4 Å². The molecule has 0 aliphatic rings.